The molecule has 0 saturated carbocycles. The molecule has 4 N–H and O–H groups in total. The van der Waals surface area contributed by atoms with Gasteiger partial charge >= 0.3 is 0 Å². The first-order chi connectivity index (χ1) is 12.2. The Labute approximate surface area is 145 Å². The second-order valence-corrected chi connectivity index (χ2v) is 6.14. The summed E-state index contributed by atoms with van der Waals surface area (Å²) < 4.78 is 5.41. The number of anilines is 1. The fourth-order valence-corrected chi connectivity index (χ4v) is 3.25. The predicted octanol–water partition coefficient (Wildman–Crippen LogP) is 2.72. The molecule has 1 fully saturated rings. The van der Waals surface area contributed by atoms with E-state index in [4.69, 9.17) is 4.74 Å². The van der Waals surface area contributed by atoms with Crippen molar-refractivity contribution in [3.8, 4) is 5.75 Å². The van der Waals surface area contributed by atoms with E-state index in [1.165, 1.54) is 0 Å². The van der Waals surface area contributed by atoms with Crippen LogP contribution < -0.4 is 20.9 Å². The summed E-state index contributed by atoms with van der Waals surface area (Å²) in [4.78, 5) is 15.7. The maximum atomic E-state index is 12.6. The van der Waals surface area contributed by atoms with Gasteiger partial charge in [-0.2, -0.15) is 0 Å². The van der Waals surface area contributed by atoms with Gasteiger partial charge in [0.2, 0.25) is 5.91 Å². The Bertz CT molecular complexity index is 905. The molecule has 1 amide bonds. The molecule has 4 rings (SSSR count). The minimum absolute atomic E-state index is 0.0269. The summed E-state index contributed by atoms with van der Waals surface area (Å²) in [6.07, 6.45) is 2.54. The lowest BCUT2D eigenvalue weighted by Crippen LogP contribution is -2.39. The molecule has 1 aromatic heterocycles. The first-order valence-electron chi connectivity index (χ1n) is 8.26. The quantitative estimate of drug-likeness (QED) is 0.591. The summed E-state index contributed by atoms with van der Waals surface area (Å²) >= 11 is 0. The summed E-state index contributed by atoms with van der Waals surface area (Å²) in [6, 6.07) is 15.4. The third-order valence-electron chi connectivity index (χ3n) is 4.55. The number of hydrazine groups is 1. The molecule has 128 valence electrons. The monoisotopic (exact) mass is 336 g/mol. The maximum Gasteiger partial charge on any atom is 0.242 e. The van der Waals surface area contributed by atoms with Crippen molar-refractivity contribution in [1.82, 2.24) is 15.8 Å². The second kappa shape index (κ2) is 6.58. The van der Waals surface area contributed by atoms with Gasteiger partial charge in [-0.15, -0.1) is 0 Å². The first-order valence-corrected chi connectivity index (χ1v) is 8.26. The molecule has 1 aliphatic heterocycles. The van der Waals surface area contributed by atoms with Crippen LogP contribution in [0.5, 0.6) is 5.75 Å². The third kappa shape index (κ3) is 3.09. The van der Waals surface area contributed by atoms with Crippen molar-refractivity contribution in [2.45, 2.75) is 18.5 Å². The van der Waals surface area contributed by atoms with Crippen molar-refractivity contribution in [3.63, 3.8) is 0 Å². The molecule has 6 heteroatoms. The minimum Gasteiger partial charge on any atom is -0.496 e. The SMILES string of the molecule is COc1ccccc1C1CC(C(=O)Nc2ccc3[nH]ccc3c2)NN1. The number of aromatic amines is 1. The molecule has 3 aromatic rings. The zero-order valence-corrected chi connectivity index (χ0v) is 13.9. The van der Waals surface area contributed by atoms with Crippen LogP contribution >= 0.6 is 0 Å². The number of hydrogen-bond donors (Lipinski definition) is 4. The van der Waals surface area contributed by atoms with Gasteiger partial charge in [0.1, 0.15) is 11.8 Å². The average molecular weight is 336 g/mol. The van der Waals surface area contributed by atoms with Gasteiger partial charge in [-0.05, 0) is 36.8 Å². The van der Waals surface area contributed by atoms with E-state index in [9.17, 15) is 4.79 Å². The van der Waals surface area contributed by atoms with Gasteiger partial charge in [0.05, 0.1) is 13.2 Å². The highest BCUT2D eigenvalue weighted by atomic mass is 16.5. The number of fused-ring (bicyclic) bond motifs is 1. The molecule has 1 saturated heterocycles. The van der Waals surface area contributed by atoms with Crippen LogP contribution in [-0.2, 0) is 4.79 Å². The third-order valence-corrected chi connectivity index (χ3v) is 4.55. The molecule has 2 heterocycles. The van der Waals surface area contributed by atoms with Crippen LogP contribution in [0.3, 0.4) is 0 Å². The van der Waals surface area contributed by atoms with Crippen molar-refractivity contribution in [1.29, 1.82) is 0 Å². The fourth-order valence-electron chi connectivity index (χ4n) is 3.25. The van der Waals surface area contributed by atoms with Crippen molar-refractivity contribution in [3.05, 3.63) is 60.3 Å². The van der Waals surface area contributed by atoms with E-state index in [1.54, 1.807) is 7.11 Å². The molecule has 2 unspecified atom stereocenters. The fraction of sp³-hybridized carbons (Fsp3) is 0.211. The smallest absolute Gasteiger partial charge is 0.242 e. The van der Waals surface area contributed by atoms with Gasteiger partial charge < -0.3 is 15.0 Å². The lowest BCUT2D eigenvalue weighted by atomic mass is 10.0. The summed E-state index contributed by atoms with van der Waals surface area (Å²) in [6.45, 7) is 0. The largest absolute Gasteiger partial charge is 0.496 e. The molecule has 25 heavy (non-hydrogen) atoms. The van der Waals surface area contributed by atoms with E-state index in [-0.39, 0.29) is 18.0 Å². The number of methoxy groups -OCH3 is 1. The van der Waals surface area contributed by atoms with Crippen LogP contribution in [0.25, 0.3) is 10.9 Å². The van der Waals surface area contributed by atoms with Crippen molar-refractivity contribution >= 4 is 22.5 Å². The molecule has 0 bridgehead atoms. The predicted molar refractivity (Wildman–Crippen MR) is 97.3 cm³/mol. The van der Waals surface area contributed by atoms with Gasteiger partial charge in [-0.3, -0.25) is 4.79 Å². The number of aromatic nitrogens is 1. The first kappa shape index (κ1) is 15.7. The van der Waals surface area contributed by atoms with E-state index in [2.05, 4.69) is 21.2 Å². The van der Waals surface area contributed by atoms with E-state index in [0.717, 1.165) is 27.9 Å². The number of para-hydroxylation sites is 1. The number of amides is 1. The highest BCUT2D eigenvalue weighted by Gasteiger charge is 2.31. The van der Waals surface area contributed by atoms with Gasteiger partial charge in [0.15, 0.2) is 0 Å². The van der Waals surface area contributed by atoms with Crippen LogP contribution in [0.15, 0.2) is 54.7 Å². The highest BCUT2D eigenvalue weighted by Crippen LogP contribution is 2.30. The van der Waals surface area contributed by atoms with Crippen molar-refractivity contribution in [2.75, 3.05) is 12.4 Å². The molecule has 6 nitrogen and oxygen atoms in total. The van der Waals surface area contributed by atoms with E-state index >= 15 is 0 Å². The Balaban J connectivity index is 1.45. The minimum atomic E-state index is -0.308. The van der Waals surface area contributed by atoms with Gasteiger partial charge in [-0.25, -0.2) is 10.9 Å². The Kier molecular flexibility index (Phi) is 4.13. The second-order valence-electron chi connectivity index (χ2n) is 6.14. The van der Waals surface area contributed by atoms with Crippen molar-refractivity contribution in [2.24, 2.45) is 0 Å². The highest BCUT2D eigenvalue weighted by molar-refractivity contribution is 5.97. The summed E-state index contributed by atoms with van der Waals surface area (Å²) in [5.41, 5.74) is 9.16. The van der Waals surface area contributed by atoms with E-state index in [0.29, 0.717) is 6.42 Å². The average Bonchev–Trinajstić information content (AvgIpc) is 3.30. The Hall–Kier alpha value is -2.83. The van der Waals surface area contributed by atoms with Gasteiger partial charge in [-0.1, -0.05) is 18.2 Å². The lowest BCUT2D eigenvalue weighted by molar-refractivity contribution is -0.117. The van der Waals surface area contributed by atoms with Crippen LogP contribution in [0.1, 0.15) is 18.0 Å². The van der Waals surface area contributed by atoms with Gasteiger partial charge in [0.25, 0.3) is 0 Å². The maximum absolute atomic E-state index is 12.6. The molecule has 0 radical (unpaired) electrons. The zero-order valence-electron chi connectivity index (χ0n) is 13.9. The molecular formula is C19H20N4O2. The lowest BCUT2D eigenvalue weighted by Gasteiger charge is -2.14. The summed E-state index contributed by atoms with van der Waals surface area (Å²) in [7, 11) is 1.66. The van der Waals surface area contributed by atoms with E-state index < -0.39 is 0 Å². The van der Waals surface area contributed by atoms with Gasteiger partial charge in [0, 0.05) is 28.4 Å². The van der Waals surface area contributed by atoms with Crippen LogP contribution in [0.4, 0.5) is 5.69 Å². The molecule has 2 atom stereocenters. The number of carbonyl (C=O) groups excluding carboxylic acids is 1. The number of rotatable bonds is 4. The number of carbonyl (C=O) groups is 1. The van der Waals surface area contributed by atoms with Crippen LogP contribution in [0, 0.1) is 0 Å². The number of benzene rings is 2. The summed E-state index contributed by atoms with van der Waals surface area (Å²) in [5.74, 6) is 0.764. The molecule has 1 aliphatic rings. The zero-order chi connectivity index (χ0) is 17.2. The topological polar surface area (TPSA) is 78.2 Å². The standard InChI is InChI=1S/C19H20N4O2/c1-25-18-5-3-2-4-14(18)16-11-17(23-22-16)19(24)21-13-6-7-15-12(10-13)8-9-20-15/h2-10,16-17,20,22-23H,11H2,1H3,(H,21,24). The Morgan fingerprint density at radius 3 is 2.92 bits per heavy atom. The Morgan fingerprint density at radius 2 is 2.04 bits per heavy atom. The summed E-state index contributed by atoms with van der Waals surface area (Å²) in [5, 5.41) is 4.05. The van der Waals surface area contributed by atoms with E-state index in [1.807, 2.05) is 54.7 Å². The Morgan fingerprint density at radius 1 is 1.16 bits per heavy atom. The van der Waals surface area contributed by atoms with Crippen LogP contribution in [-0.4, -0.2) is 24.0 Å². The number of nitrogens with one attached hydrogen (secondary N) is 4. The molecule has 2 aromatic carbocycles. The normalized spacial score (nSPS) is 19.9. The molecular weight excluding hydrogens is 316 g/mol. The number of hydrogen-bond acceptors (Lipinski definition) is 4. The molecule has 0 aliphatic carbocycles. The van der Waals surface area contributed by atoms with Crippen molar-refractivity contribution < 1.29 is 9.53 Å². The number of H-pyrrole nitrogens is 1. The van der Waals surface area contributed by atoms with Crippen LogP contribution in [0.2, 0.25) is 0 Å². The molecule has 0 spiro atoms. The number of ether oxygens (including phenoxy) is 1.